The van der Waals surface area contributed by atoms with Crippen LogP contribution in [0.25, 0.3) is 0 Å². The molecular weight excluding hydrogens is 362 g/mol. The van der Waals surface area contributed by atoms with Gasteiger partial charge in [0.25, 0.3) is 5.91 Å². The van der Waals surface area contributed by atoms with E-state index in [1.54, 1.807) is 43.5 Å². The van der Waals surface area contributed by atoms with E-state index < -0.39 is 5.97 Å². The lowest BCUT2D eigenvalue weighted by Crippen LogP contribution is -2.12. The number of hydrogen-bond acceptors (Lipinski definition) is 5. The molecule has 1 aromatic heterocycles. The predicted molar refractivity (Wildman–Crippen MR) is 102 cm³/mol. The Morgan fingerprint density at radius 1 is 1.07 bits per heavy atom. The molecule has 0 saturated carbocycles. The molecule has 3 aromatic rings. The van der Waals surface area contributed by atoms with Crippen LogP contribution in [0.5, 0.6) is 11.5 Å². The van der Waals surface area contributed by atoms with Crippen molar-refractivity contribution in [1.29, 1.82) is 0 Å². The molecule has 0 aliphatic heterocycles. The summed E-state index contributed by atoms with van der Waals surface area (Å²) in [6.45, 7) is 2.01. The van der Waals surface area contributed by atoms with Gasteiger partial charge in [0.1, 0.15) is 23.9 Å². The first-order valence-electron chi connectivity index (χ1n) is 8.47. The highest BCUT2D eigenvalue weighted by Gasteiger charge is 2.11. The predicted octanol–water partition coefficient (Wildman–Crippen LogP) is 4.13. The number of rotatable bonds is 7. The summed E-state index contributed by atoms with van der Waals surface area (Å²) >= 11 is 0. The molecule has 3 rings (SSSR count). The number of aryl methyl sites for hydroxylation is 1. The molecule has 0 fully saturated rings. The van der Waals surface area contributed by atoms with Gasteiger partial charge in [-0.1, -0.05) is 6.07 Å². The Kier molecular flexibility index (Phi) is 5.64. The second kappa shape index (κ2) is 8.30. The zero-order valence-corrected chi connectivity index (χ0v) is 15.4. The summed E-state index contributed by atoms with van der Waals surface area (Å²) in [5.74, 6) is -0.0431. The van der Waals surface area contributed by atoms with Crippen molar-refractivity contribution in [3.63, 3.8) is 0 Å². The average Bonchev–Trinajstić information content (AvgIpc) is 3.16. The van der Waals surface area contributed by atoms with E-state index in [2.05, 4.69) is 5.32 Å². The van der Waals surface area contributed by atoms with Crippen molar-refractivity contribution in [3.05, 3.63) is 77.2 Å². The number of hydrogen-bond donors (Lipinski definition) is 2. The van der Waals surface area contributed by atoms with Crippen LogP contribution >= 0.6 is 0 Å². The average molecular weight is 381 g/mol. The van der Waals surface area contributed by atoms with E-state index in [0.29, 0.717) is 28.5 Å². The number of furan rings is 1. The molecule has 0 aliphatic carbocycles. The largest absolute Gasteiger partial charge is 0.495 e. The fourth-order valence-corrected chi connectivity index (χ4v) is 2.54. The molecule has 0 radical (unpaired) electrons. The fraction of sp³-hybridized carbons (Fsp3) is 0.143. The molecule has 2 aromatic carbocycles. The van der Waals surface area contributed by atoms with Crippen molar-refractivity contribution in [2.24, 2.45) is 0 Å². The van der Waals surface area contributed by atoms with Gasteiger partial charge < -0.3 is 24.3 Å². The van der Waals surface area contributed by atoms with Crippen molar-refractivity contribution in [2.75, 3.05) is 12.4 Å². The monoisotopic (exact) mass is 381 g/mol. The highest BCUT2D eigenvalue weighted by atomic mass is 16.5. The number of benzene rings is 2. The van der Waals surface area contributed by atoms with Crippen LogP contribution in [0.4, 0.5) is 5.69 Å². The van der Waals surface area contributed by atoms with Gasteiger partial charge in [-0.25, -0.2) is 4.79 Å². The second-order valence-electron chi connectivity index (χ2n) is 6.04. The van der Waals surface area contributed by atoms with Gasteiger partial charge in [-0.3, -0.25) is 4.79 Å². The Morgan fingerprint density at radius 2 is 1.82 bits per heavy atom. The van der Waals surface area contributed by atoms with Crippen molar-refractivity contribution in [1.82, 2.24) is 0 Å². The van der Waals surface area contributed by atoms with E-state index in [9.17, 15) is 9.59 Å². The Balaban J connectivity index is 1.62. The van der Waals surface area contributed by atoms with E-state index in [-0.39, 0.29) is 18.3 Å². The van der Waals surface area contributed by atoms with Gasteiger partial charge >= 0.3 is 5.97 Å². The molecule has 144 valence electrons. The van der Waals surface area contributed by atoms with Crippen molar-refractivity contribution in [2.45, 2.75) is 13.5 Å². The van der Waals surface area contributed by atoms with Crippen LogP contribution < -0.4 is 14.8 Å². The Morgan fingerprint density at radius 3 is 2.46 bits per heavy atom. The van der Waals surface area contributed by atoms with E-state index in [4.69, 9.17) is 19.0 Å². The van der Waals surface area contributed by atoms with Gasteiger partial charge in [-0.05, 0) is 61.0 Å². The van der Waals surface area contributed by atoms with Crippen LogP contribution in [0.1, 0.15) is 32.2 Å². The van der Waals surface area contributed by atoms with Crippen molar-refractivity contribution < 1.29 is 28.6 Å². The maximum Gasteiger partial charge on any atom is 0.371 e. The number of carbonyl (C=O) groups is 2. The topological polar surface area (TPSA) is 98.0 Å². The number of nitrogens with one attached hydrogen (secondary N) is 1. The van der Waals surface area contributed by atoms with E-state index >= 15 is 0 Å². The molecule has 28 heavy (non-hydrogen) atoms. The number of carboxylic acid groups (broad SMARTS) is 1. The van der Waals surface area contributed by atoms with E-state index in [1.807, 2.05) is 19.1 Å². The summed E-state index contributed by atoms with van der Waals surface area (Å²) in [6, 6.07) is 15.0. The molecule has 2 N–H and O–H groups in total. The van der Waals surface area contributed by atoms with Gasteiger partial charge in [0, 0.05) is 5.56 Å². The minimum absolute atomic E-state index is 0.0827. The third-order valence-corrected chi connectivity index (χ3v) is 3.97. The Labute approximate surface area is 161 Å². The molecule has 0 unspecified atom stereocenters. The van der Waals surface area contributed by atoms with Crippen LogP contribution in [0, 0.1) is 6.92 Å². The van der Waals surface area contributed by atoms with Gasteiger partial charge in [0.05, 0.1) is 12.8 Å². The quantitative estimate of drug-likeness (QED) is 0.639. The minimum atomic E-state index is -1.13. The molecule has 7 heteroatoms. The summed E-state index contributed by atoms with van der Waals surface area (Å²) in [7, 11) is 1.55. The SMILES string of the molecule is COc1ccc(C)cc1NC(=O)c1ccc(OCc2ccc(C(=O)O)o2)cc1. The van der Waals surface area contributed by atoms with Crippen LogP contribution in [-0.4, -0.2) is 24.1 Å². The van der Waals surface area contributed by atoms with Crippen LogP contribution in [0.3, 0.4) is 0 Å². The zero-order valence-electron chi connectivity index (χ0n) is 15.4. The zero-order chi connectivity index (χ0) is 20.1. The summed E-state index contributed by atoms with van der Waals surface area (Å²) in [4.78, 5) is 23.3. The fourth-order valence-electron chi connectivity index (χ4n) is 2.54. The Hall–Kier alpha value is -3.74. The number of methoxy groups -OCH3 is 1. The third-order valence-electron chi connectivity index (χ3n) is 3.97. The molecular formula is C21H19NO6. The van der Waals surface area contributed by atoms with Crippen LogP contribution in [0.15, 0.2) is 59.0 Å². The smallest absolute Gasteiger partial charge is 0.371 e. The van der Waals surface area contributed by atoms with E-state index in [0.717, 1.165) is 5.56 Å². The highest BCUT2D eigenvalue weighted by molar-refractivity contribution is 6.05. The summed E-state index contributed by atoms with van der Waals surface area (Å²) in [6.07, 6.45) is 0. The number of aromatic carboxylic acids is 1. The summed E-state index contributed by atoms with van der Waals surface area (Å²) < 4.78 is 15.9. The number of carbonyl (C=O) groups excluding carboxylic acids is 1. The first-order chi connectivity index (χ1) is 13.5. The van der Waals surface area contributed by atoms with Crippen LogP contribution in [0.2, 0.25) is 0 Å². The van der Waals surface area contributed by atoms with Crippen LogP contribution in [-0.2, 0) is 6.61 Å². The summed E-state index contributed by atoms with van der Waals surface area (Å²) in [5, 5.41) is 11.7. The second-order valence-corrected chi connectivity index (χ2v) is 6.04. The highest BCUT2D eigenvalue weighted by Crippen LogP contribution is 2.26. The van der Waals surface area contributed by atoms with Gasteiger partial charge in [-0.15, -0.1) is 0 Å². The molecule has 1 amide bonds. The molecule has 0 saturated heterocycles. The number of anilines is 1. The molecule has 7 nitrogen and oxygen atoms in total. The number of amides is 1. The molecule has 0 spiro atoms. The molecule has 1 heterocycles. The maximum atomic E-state index is 12.5. The third kappa shape index (κ3) is 4.50. The Bertz CT molecular complexity index is 990. The molecule has 0 atom stereocenters. The first-order valence-corrected chi connectivity index (χ1v) is 8.47. The normalized spacial score (nSPS) is 10.4. The minimum Gasteiger partial charge on any atom is -0.495 e. The van der Waals surface area contributed by atoms with Crippen molar-refractivity contribution in [3.8, 4) is 11.5 Å². The standard InChI is InChI=1S/C21H19NO6/c1-13-3-9-18(26-2)17(11-13)22-20(23)14-4-6-15(7-5-14)27-12-16-8-10-19(28-16)21(24)25/h3-11H,12H2,1-2H3,(H,22,23)(H,24,25). The molecule has 0 aliphatic rings. The first kappa shape index (κ1) is 19.0. The van der Waals surface area contributed by atoms with Gasteiger partial charge in [0.2, 0.25) is 5.76 Å². The maximum absolute atomic E-state index is 12.5. The van der Waals surface area contributed by atoms with Gasteiger partial charge in [0.15, 0.2) is 0 Å². The molecule has 0 bridgehead atoms. The van der Waals surface area contributed by atoms with Crippen molar-refractivity contribution >= 4 is 17.6 Å². The summed E-state index contributed by atoms with van der Waals surface area (Å²) in [5.41, 5.74) is 2.06. The number of carboxylic acids is 1. The lowest BCUT2D eigenvalue weighted by molar-refractivity contribution is 0.0658. The number of ether oxygens (including phenoxy) is 2. The lowest BCUT2D eigenvalue weighted by Gasteiger charge is -2.11. The lowest BCUT2D eigenvalue weighted by atomic mass is 10.1. The van der Waals surface area contributed by atoms with E-state index in [1.165, 1.54) is 6.07 Å². The van der Waals surface area contributed by atoms with Gasteiger partial charge in [-0.2, -0.15) is 0 Å².